The average molecular weight is 317 g/mol. The van der Waals surface area contributed by atoms with Gasteiger partial charge in [0.1, 0.15) is 5.69 Å². The van der Waals surface area contributed by atoms with Gasteiger partial charge >= 0.3 is 6.18 Å². The number of nitro groups is 1. The Kier molecular flexibility index (Phi) is 4.12. The number of hydrogen-bond donors (Lipinski definition) is 1. The molecule has 0 aliphatic carbocycles. The van der Waals surface area contributed by atoms with E-state index in [0.29, 0.717) is 6.07 Å². The van der Waals surface area contributed by atoms with Gasteiger partial charge in [0.2, 0.25) is 0 Å². The van der Waals surface area contributed by atoms with Gasteiger partial charge in [-0.2, -0.15) is 13.2 Å². The van der Waals surface area contributed by atoms with Gasteiger partial charge in [0.15, 0.2) is 0 Å². The van der Waals surface area contributed by atoms with Crippen molar-refractivity contribution in [1.29, 1.82) is 0 Å². The van der Waals surface area contributed by atoms with Gasteiger partial charge in [-0.25, -0.2) is 0 Å². The summed E-state index contributed by atoms with van der Waals surface area (Å²) >= 11 is 1.35. The van der Waals surface area contributed by atoms with E-state index in [4.69, 9.17) is 0 Å². The van der Waals surface area contributed by atoms with Crippen LogP contribution < -0.4 is 5.32 Å². The zero-order chi connectivity index (χ0) is 15.6. The normalized spacial score (nSPS) is 13.0. The van der Waals surface area contributed by atoms with Crippen LogP contribution in [0.2, 0.25) is 0 Å². The van der Waals surface area contributed by atoms with Crippen LogP contribution in [-0.4, -0.2) is 9.91 Å². The number of nitrogens with zero attached hydrogens (tertiary/aromatic N) is 2. The van der Waals surface area contributed by atoms with Crippen molar-refractivity contribution in [3.63, 3.8) is 0 Å². The van der Waals surface area contributed by atoms with Crippen LogP contribution in [-0.2, 0) is 6.18 Å². The lowest BCUT2D eigenvalue weighted by Gasteiger charge is -2.14. The summed E-state index contributed by atoms with van der Waals surface area (Å²) in [5, 5.41) is 13.8. The second kappa shape index (κ2) is 5.68. The van der Waals surface area contributed by atoms with E-state index >= 15 is 0 Å². The molecule has 9 heteroatoms. The molecule has 0 bridgehead atoms. The van der Waals surface area contributed by atoms with Crippen LogP contribution in [0.15, 0.2) is 29.9 Å². The Morgan fingerprint density at radius 2 is 2.14 bits per heavy atom. The maximum Gasteiger partial charge on any atom is 0.416 e. The van der Waals surface area contributed by atoms with E-state index < -0.39 is 22.4 Å². The molecule has 112 valence electrons. The third-order valence-corrected chi connectivity index (χ3v) is 3.73. The summed E-state index contributed by atoms with van der Waals surface area (Å²) in [6.07, 6.45) is -3.02. The lowest BCUT2D eigenvalue weighted by atomic mass is 10.1. The molecule has 5 nitrogen and oxygen atoms in total. The van der Waals surface area contributed by atoms with Gasteiger partial charge in [0, 0.05) is 17.1 Å². The number of anilines is 1. The van der Waals surface area contributed by atoms with E-state index in [2.05, 4.69) is 10.3 Å². The molecule has 1 N–H and O–H groups in total. The second-order valence-corrected chi connectivity index (χ2v) is 5.17. The summed E-state index contributed by atoms with van der Waals surface area (Å²) in [5.74, 6) is 0. The molecule has 0 spiro atoms. The zero-order valence-corrected chi connectivity index (χ0v) is 11.5. The van der Waals surface area contributed by atoms with Crippen LogP contribution in [0, 0.1) is 10.1 Å². The maximum atomic E-state index is 12.6. The molecule has 2 rings (SSSR count). The van der Waals surface area contributed by atoms with Gasteiger partial charge in [-0.15, -0.1) is 11.3 Å². The molecule has 0 amide bonds. The number of hydrogen-bond acceptors (Lipinski definition) is 5. The predicted octanol–water partition coefficient (Wildman–Crippen LogP) is 4.24. The smallest absolute Gasteiger partial charge is 0.372 e. The van der Waals surface area contributed by atoms with Gasteiger partial charge in [0.05, 0.1) is 22.0 Å². The molecule has 1 heterocycles. The largest absolute Gasteiger partial charge is 0.416 e. The lowest BCUT2D eigenvalue weighted by molar-refractivity contribution is -0.384. The number of halogens is 3. The molecule has 1 aromatic heterocycles. The summed E-state index contributed by atoms with van der Waals surface area (Å²) in [5.41, 5.74) is -0.0189. The molecule has 0 aliphatic heterocycles. The Morgan fingerprint density at radius 1 is 1.43 bits per heavy atom. The van der Waals surface area contributed by atoms with Gasteiger partial charge in [-0.1, -0.05) is 0 Å². The molecular formula is C12H10F3N3O2S. The topological polar surface area (TPSA) is 68.1 Å². The number of thiazole rings is 1. The Hall–Kier alpha value is -2.16. The predicted molar refractivity (Wildman–Crippen MR) is 72.3 cm³/mol. The standard InChI is InChI=1S/C12H10F3N3O2S/c1-7(11-5-16-6-21-11)17-9-3-2-8(12(13,14)15)4-10(9)18(19)20/h2-7,17H,1H3. The average Bonchev–Trinajstić information content (AvgIpc) is 2.91. The molecule has 21 heavy (non-hydrogen) atoms. The van der Waals surface area contributed by atoms with Crippen molar-refractivity contribution in [3.05, 3.63) is 50.5 Å². The molecule has 0 saturated carbocycles. The summed E-state index contributed by atoms with van der Waals surface area (Å²) in [6, 6.07) is 2.11. The Labute approximate surface area is 121 Å². The number of alkyl halides is 3. The molecule has 2 aromatic rings. The van der Waals surface area contributed by atoms with Crippen molar-refractivity contribution in [2.45, 2.75) is 19.1 Å². The Morgan fingerprint density at radius 3 is 2.67 bits per heavy atom. The lowest BCUT2D eigenvalue weighted by Crippen LogP contribution is -2.10. The van der Waals surface area contributed by atoms with Gasteiger partial charge in [0.25, 0.3) is 5.69 Å². The first kappa shape index (κ1) is 15.2. The number of rotatable bonds is 4. The van der Waals surface area contributed by atoms with E-state index in [1.807, 2.05) is 0 Å². The summed E-state index contributed by atoms with van der Waals surface area (Å²) in [6.45, 7) is 1.74. The molecular weight excluding hydrogens is 307 g/mol. The zero-order valence-electron chi connectivity index (χ0n) is 10.7. The number of aromatic nitrogens is 1. The molecule has 0 saturated heterocycles. The summed E-state index contributed by atoms with van der Waals surface area (Å²) < 4.78 is 37.8. The fraction of sp³-hybridized carbons (Fsp3) is 0.250. The van der Waals surface area contributed by atoms with Crippen LogP contribution in [0.25, 0.3) is 0 Å². The molecule has 0 radical (unpaired) electrons. The highest BCUT2D eigenvalue weighted by molar-refractivity contribution is 7.09. The van der Waals surface area contributed by atoms with Crippen molar-refractivity contribution in [1.82, 2.24) is 4.98 Å². The molecule has 1 atom stereocenters. The molecule has 1 unspecified atom stereocenters. The molecule has 0 fully saturated rings. The summed E-state index contributed by atoms with van der Waals surface area (Å²) in [4.78, 5) is 14.8. The van der Waals surface area contributed by atoms with Gasteiger partial charge in [-0.3, -0.25) is 15.1 Å². The van der Waals surface area contributed by atoms with E-state index in [1.165, 1.54) is 11.3 Å². The van der Waals surface area contributed by atoms with Crippen molar-refractivity contribution in [3.8, 4) is 0 Å². The van der Waals surface area contributed by atoms with E-state index in [1.54, 1.807) is 18.6 Å². The van der Waals surface area contributed by atoms with E-state index in [-0.39, 0.29) is 11.7 Å². The minimum atomic E-state index is -4.62. The quantitative estimate of drug-likeness (QED) is 0.676. The molecule has 1 aromatic carbocycles. The minimum absolute atomic E-state index is 0.0360. The maximum absolute atomic E-state index is 12.6. The first-order valence-electron chi connectivity index (χ1n) is 5.79. The van der Waals surface area contributed by atoms with Crippen molar-refractivity contribution in [2.75, 3.05) is 5.32 Å². The minimum Gasteiger partial charge on any atom is -0.372 e. The van der Waals surface area contributed by atoms with Crippen LogP contribution in [0.1, 0.15) is 23.4 Å². The van der Waals surface area contributed by atoms with Crippen molar-refractivity contribution < 1.29 is 18.1 Å². The highest BCUT2D eigenvalue weighted by Crippen LogP contribution is 2.36. The third kappa shape index (κ3) is 3.48. The number of nitrogens with one attached hydrogen (secondary N) is 1. The summed E-state index contributed by atoms with van der Waals surface area (Å²) in [7, 11) is 0. The number of benzene rings is 1. The van der Waals surface area contributed by atoms with Crippen molar-refractivity contribution in [2.24, 2.45) is 0 Å². The third-order valence-electron chi connectivity index (χ3n) is 2.77. The SMILES string of the molecule is CC(Nc1ccc(C(F)(F)F)cc1[N+](=O)[O-])c1cncs1. The highest BCUT2D eigenvalue weighted by Gasteiger charge is 2.33. The van der Waals surface area contributed by atoms with E-state index in [9.17, 15) is 23.3 Å². The van der Waals surface area contributed by atoms with Gasteiger partial charge in [-0.05, 0) is 19.1 Å². The van der Waals surface area contributed by atoms with Crippen molar-refractivity contribution >= 4 is 22.7 Å². The number of nitro benzene ring substituents is 1. The van der Waals surface area contributed by atoms with Crippen LogP contribution in [0.3, 0.4) is 0 Å². The fourth-order valence-electron chi connectivity index (χ4n) is 1.72. The fourth-order valence-corrected chi connectivity index (χ4v) is 2.35. The van der Waals surface area contributed by atoms with Crippen LogP contribution in [0.4, 0.5) is 24.5 Å². The van der Waals surface area contributed by atoms with Gasteiger partial charge < -0.3 is 5.32 Å². The van der Waals surface area contributed by atoms with Crippen LogP contribution >= 0.6 is 11.3 Å². The molecule has 0 aliphatic rings. The monoisotopic (exact) mass is 317 g/mol. The first-order valence-corrected chi connectivity index (χ1v) is 6.67. The Balaban J connectivity index is 2.33. The highest BCUT2D eigenvalue weighted by atomic mass is 32.1. The first-order chi connectivity index (χ1) is 9.79. The Bertz CT molecular complexity index is 644. The van der Waals surface area contributed by atoms with E-state index in [0.717, 1.165) is 17.0 Å². The van der Waals surface area contributed by atoms with Crippen LogP contribution in [0.5, 0.6) is 0 Å². The second-order valence-electron chi connectivity index (χ2n) is 4.26.